The maximum atomic E-state index is 11.2. The molecule has 0 saturated carbocycles. The van der Waals surface area contributed by atoms with Gasteiger partial charge in [0.2, 0.25) is 0 Å². The summed E-state index contributed by atoms with van der Waals surface area (Å²) in [6.45, 7) is 0.325. The fourth-order valence-electron chi connectivity index (χ4n) is 2.02. The number of benzene rings is 2. The molecule has 1 amide bonds. The zero-order chi connectivity index (χ0) is 18.4. The quantitative estimate of drug-likeness (QED) is 0.562. The lowest BCUT2D eigenvalue weighted by Crippen LogP contribution is -2.12. The van der Waals surface area contributed by atoms with Crippen LogP contribution in [0.25, 0.3) is 6.08 Å². The van der Waals surface area contributed by atoms with E-state index in [1.165, 1.54) is 13.2 Å². The molecule has 0 heterocycles. The first kappa shape index (κ1) is 18.8. The van der Waals surface area contributed by atoms with Crippen LogP contribution in [0.15, 0.2) is 46.4 Å². The van der Waals surface area contributed by atoms with Gasteiger partial charge in [0.15, 0.2) is 11.5 Å². The highest BCUT2D eigenvalue weighted by molar-refractivity contribution is 9.10. The number of hydrogen-bond acceptors (Lipinski definition) is 4. The molecule has 0 aromatic heterocycles. The first-order valence-electron chi connectivity index (χ1n) is 7.11. The Balaban J connectivity index is 2.29. The molecule has 5 nitrogen and oxygen atoms in total. The maximum Gasteiger partial charge on any atom is 0.259 e. The number of ether oxygens (including phenoxy) is 2. The number of halogens is 2. The molecule has 7 heteroatoms. The van der Waals surface area contributed by atoms with E-state index in [0.29, 0.717) is 33.2 Å². The van der Waals surface area contributed by atoms with Crippen molar-refractivity contribution in [2.75, 3.05) is 7.11 Å². The topological polar surface area (TPSA) is 85.3 Å². The molecule has 2 aromatic rings. The number of nitrogens with zero attached hydrogens (tertiary/aromatic N) is 1. The number of hydrogen-bond donors (Lipinski definition) is 1. The van der Waals surface area contributed by atoms with Gasteiger partial charge < -0.3 is 15.2 Å². The van der Waals surface area contributed by atoms with Crippen molar-refractivity contribution in [3.63, 3.8) is 0 Å². The van der Waals surface area contributed by atoms with Gasteiger partial charge in [-0.2, -0.15) is 5.26 Å². The summed E-state index contributed by atoms with van der Waals surface area (Å²) >= 11 is 9.28. The lowest BCUT2D eigenvalue weighted by Gasteiger charge is -2.14. The molecule has 0 radical (unpaired) electrons. The van der Waals surface area contributed by atoms with Gasteiger partial charge in [0.1, 0.15) is 18.2 Å². The number of amides is 1. The standard InChI is InChI=1S/C18H14BrClN2O3/c1-24-16-8-12(6-13(9-21)18(22)23)7-15(19)17(16)25-10-11-2-4-14(20)5-3-11/h2-8H,10H2,1H3,(H2,22,23)/b13-6-. The van der Waals surface area contributed by atoms with Crippen molar-refractivity contribution >= 4 is 39.5 Å². The second-order valence-corrected chi connectivity index (χ2v) is 6.27. The lowest BCUT2D eigenvalue weighted by atomic mass is 10.1. The molecule has 128 valence electrons. The second kappa shape index (κ2) is 8.56. The van der Waals surface area contributed by atoms with Gasteiger partial charge >= 0.3 is 0 Å². The molecule has 0 aliphatic rings. The number of carbonyl (C=O) groups is 1. The van der Waals surface area contributed by atoms with Crippen molar-refractivity contribution in [1.82, 2.24) is 0 Å². The molecule has 0 fully saturated rings. The number of rotatable bonds is 6. The average Bonchev–Trinajstić information content (AvgIpc) is 2.59. The number of nitrogens with two attached hydrogens (primary N) is 1. The summed E-state index contributed by atoms with van der Waals surface area (Å²) in [6.07, 6.45) is 1.39. The molecule has 2 N–H and O–H groups in total. The Kier molecular flexibility index (Phi) is 6.45. The van der Waals surface area contributed by atoms with Gasteiger partial charge in [-0.1, -0.05) is 23.7 Å². The van der Waals surface area contributed by atoms with Crippen LogP contribution in [0.5, 0.6) is 11.5 Å². The number of nitriles is 1. The summed E-state index contributed by atoms with van der Waals surface area (Å²) in [6, 6.07) is 12.4. The van der Waals surface area contributed by atoms with Gasteiger partial charge in [-0.25, -0.2) is 0 Å². The molecule has 0 bridgehead atoms. The Hall–Kier alpha value is -2.49. The van der Waals surface area contributed by atoms with E-state index < -0.39 is 5.91 Å². The molecule has 0 atom stereocenters. The zero-order valence-corrected chi connectivity index (χ0v) is 15.6. The zero-order valence-electron chi connectivity index (χ0n) is 13.3. The third kappa shape index (κ3) is 4.99. The van der Waals surface area contributed by atoms with Crippen LogP contribution in [0.4, 0.5) is 0 Å². The monoisotopic (exact) mass is 420 g/mol. The predicted octanol–water partition coefficient (Wildman–Crippen LogP) is 4.08. The van der Waals surface area contributed by atoms with Gasteiger partial charge in [-0.15, -0.1) is 0 Å². The molecular weight excluding hydrogens is 408 g/mol. The maximum absolute atomic E-state index is 11.2. The van der Waals surface area contributed by atoms with Crippen molar-refractivity contribution in [2.24, 2.45) is 5.73 Å². The molecule has 0 aliphatic carbocycles. The Morgan fingerprint density at radius 3 is 2.60 bits per heavy atom. The molecule has 2 aromatic carbocycles. The smallest absolute Gasteiger partial charge is 0.259 e. The minimum absolute atomic E-state index is 0.149. The Morgan fingerprint density at radius 1 is 1.36 bits per heavy atom. The first-order chi connectivity index (χ1) is 11.9. The lowest BCUT2D eigenvalue weighted by molar-refractivity contribution is -0.114. The van der Waals surface area contributed by atoms with E-state index in [1.807, 2.05) is 12.1 Å². The summed E-state index contributed by atoms with van der Waals surface area (Å²) in [4.78, 5) is 11.2. The molecule has 0 saturated heterocycles. The van der Waals surface area contributed by atoms with Gasteiger partial charge in [-0.05, 0) is 57.4 Å². The summed E-state index contributed by atoms with van der Waals surface area (Å²) in [5, 5.41) is 9.60. The van der Waals surface area contributed by atoms with Gasteiger partial charge in [0, 0.05) is 5.02 Å². The summed E-state index contributed by atoms with van der Waals surface area (Å²) in [5.41, 5.74) is 6.53. The van der Waals surface area contributed by atoms with Crippen molar-refractivity contribution in [1.29, 1.82) is 5.26 Å². The molecule has 25 heavy (non-hydrogen) atoms. The Bertz CT molecular complexity index is 858. The minimum atomic E-state index is -0.791. The van der Waals surface area contributed by atoms with E-state index in [2.05, 4.69) is 15.9 Å². The summed E-state index contributed by atoms with van der Waals surface area (Å²) in [5.74, 6) is 0.171. The molecule has 2 rings (SSSR count). The van der Waals surface area contributed by atoms with Crippen molar-refractivity contribution in [3.05, 3.63) is 62.6 Å². The number of methoxy groups -OCH3 is 1. The number of primary amides is 1. The average molecular weight is 422 g/mol. The van der Waals surface area contributed by atoms with Crippen LogP contribution in [-0.2, 0) is 11.4 Å². The Morgan fingerprint density at radius 2 is 2.04 bits per heavy atom. The molecule has 0 spiro atoms. The highest BCUT2D eigenvalue weighted by Crippen LogP contribution is 2.37. The van der Waals surface area contributed by atoms with Crippen LogP contribution in [0, 0.1) is 11.3 Å². The van der Waals surface area contributed by atoms with E-state index >= 15 is 0 Å². The summed E-state index contributed by atoms with van der Waals surface area (Å²) in [7, 11) is 1.50. The summed E-state index contributed by atoms with van der Waals surface area (Å²) < 4.78 is 11.8. The van der Waals surface area contributed by atoms with Crippen LogP contribution in [0.3, 0.4) is 0 Å². The highest BCUT2D eigenvalue weighted by atomic mass is 79.9. The third-order valence-electron chi connectivity index (χ3n) is 3.25. The fourth-order valence-corrected chi connectivity index (χ4v) is 2.72. The normalized spacial score (nSPS) is 10.9. The second-order valence-electron chi connectivity index (χ2n) is 4.98. The van der Waals surface area contributed by atoms with Crippen molar-refractivity contribution < 1.29 is 14.3 Å². The molecule has 0 unspecified atom stereocenters. The van der Waals surface area contributed by atoms with E-state index in [1.54, 1.807) is 30.3 Å². The van der Waals surface area contributed by atoms with E-state index in [9.17, 15) is 4.79 Å². The van der Waals surface area contributed by atoms with Crippen LogP contribution >= 0.6 is 27.5 Å². The van der Waals surface area contributed by atoms with E-state index in [-0.39, 0.29) is 5.57 Å². The van der Waals surface area contributed by atoms with Crippen LogP contribution in [0.1, 0.15) is 11.1 Å². The predicted molar refractivity (Wildman–Crippen MR) is 99.3 cm³/mol. The van der Waals surface area contributed by atoms with E-state index in [4.69, 9.17) is 32.1 Å². The first-order valence-corrected chi connectivity index (χ1v) is 8.28. The molecule has 0 aliphatic heterocycles. The fraction of sp³-hybridized carbons (Fsp3) is 0.111. The van der Waals surface area contributed by atoms with Crippen molar-refractivity contribution in [3.8, 4) is 17.6 Å². The van der Waals surface area contributed by atoms with Crippen LogP contribution in [0.2, 0.25) is 5.02 Å². The van der Waals surface area contributed by atoms with Crippen molar-refractivity contribution in [2.45, 2.75) is 6.61 Å². The van der Waals surface area contributed by atoms with Crippen LogP contribution < -0.4 is 15.2 Å². The van der Waals surface area contributed by atoms with Crippen LogP contribution in [-0.4, -0.2) is 13.0 Å². The SMILES string of the molecule is COc1cc(/C=C(/C#N)C(N)=O)cc(Br)c1OCc1ccc(Cl)cc1. The highest BCUT2D eigenvalue weighted by Gasteiger charge is 2.13. The van der Waals surface area contributed by atoms with E-state index in [0.717, 1.165) is 5.56 Å². The largest absolute Gasteiger partial charge is 0.493 e. The van der Waals surface area contributed by atoms with Gasteiger partial charge in [-0.3, -0.25) is 4.79 Å². The number of carbonyl (C=O) groups excluding carboxylic acids is 1. The molecular formula is C18H14BrClN2O3. The van der Waals surface area contributed by atoms with Gasteiger partial charge in [0.25, 0.3) is 5.91 Å². The Labute approximate surface area is 158 Å². The van der Waals surface area contributed by atoms with Gasteiger partial charge in [0.05, 0.1) is 11.6 Å². The minimum Gasteiger partial charge on any atom is -0.493 e. The third-order valence-corrected chi connectivity index (χ3v) is 4.09.